The normalized spacial score (nSPS) is 10.3. The number of anilines is 1. The number of ether oxygens (including phenoxy) is 2. The van der Waals surface area contributed by atoms with Crippen molar-refractivity contribution >= 4 is 17.6 Å². The van der Waals surface area contributed by atoms with E-state index in [0.717, 1.165) is 16.7 Å². The van der Waals surface area contributed by atoms with Crippen LogP contribution in [0.4, 0.5) is 5.69 Å². The fraction of sp³-hybridized carbons (Fsp3) is 0.167. The number of hydrogen-bond acceptors (Lipinski definition) is 4. The maximum absolute atomic E-state index is 12.2. The molecule has 0 aliphatic rings. The average molecular weight is 389 g/mol. The van der Waals surface area contributed by atoms with E-state index in [1.54, 1.807) is 30.3 Å². The highest BCUT2D eigenvalue weighted by Crippen LogP contribution is 2.17. The molecular formula is C24H23NO4. The van der Waals surface area contributed by atoms with Gasteiger partial charge in [0.1, 0.15) is 12.4 Å². The molecule has 5 heteroatoms. The molecule has 0 fully saturated rings. The van der Waals surface area contributed by atoms with Crippen LogP contribution in [0.25, 0.3) is 0 Å². The minimum Gasteiger partial charge on any atom is -0.489 e. The van der Waals surface area contributed by atoms with Crippen LogP contribution in [-0.4, -0.2) is 18.5 Å². The number of carbonyl (C=O) groups is 2. The van der Waals surface area contributed by atoms with Gasteiger partial charge in [-0.25, -0.2) is 4.79 Å². The number of nitrogens with one attached hydrogen (secondary N) is 1. The number of hydrogen-bond donors (Lipinski definition) is 1. The van der Waals surface area contributed by atoms with Crippen LogP contribution in [-0.2, 0) is 16.1 Å². The van der Waals surface area contributed by atoms with Crippen molar-refractivity contribution in [3.63, 3.8) is 0 Å². The number of carbonyl (C=O) groups excluding carboxylic acids is 2. The van der Waals surface area contributed by atoms with Crippen molar-refractivity contribution in [3.8, 4) is 5.75 Å². The molecule has 29 heavy (non-hydrogen) atoms. The summed E-state index contributed by atoms with van der Waals surface area (Å²) < 4.78 is 10.9. The van der Waals surface area contributed by atoms with E-state index in [1.165, 1.54) is 0 Å². The molecule has 1 amide bonds. The third kappa shape index (κ3) is 5.94. The first kappa shape index (κ1) is 20.1. The maximum atomic E-state index is 12.2. The molecule has 0 spiro atoms. The molecule has 0 atom stereocenters. The Labute approximate surface area is 170 Å². The highest BCUT2D eigenvalue weighted by atomic mass is 16.5. The molecule has 0 bridgehead atoms. The van der Waals surface area contributed by atoms with Crippen molar-refractivity contribution in [1.29, 1.82) is 0 Å². The minimum atomic E-state index is -0.508. The van der Waals surface area contributed by atoms with E-state index < -0.39 is 11.9 Å². The van der Waals surface area contributed by atoms with E-state index in [1.807, 2.05) is 56.3 Å². The molecule has 1 N–H and O–H groups in total. The molecule has 3 aromatic rings. The van der Waals surface area contributed by atoms with Gasteiger partial charge in [0.05, 0.1) is 5.56 Å². The van der Waals surface area contributed by atoms with Gasteiger partial charge in [0.15, 0.2) is 6.61 Å². The monoisotopic (exact) mass is 389 g/mol. The molecule has 0 saturated carbocycles. The smallest absolute Gasteiger partial charge is 0.338 e. The van der Waals surface area contributed by atoms with E-state index in [9.17, 15) is 9.59 Å². The molecule has 0 heterocycles. The summed E-state index contributed by atoms with van der Waals surface area (Å²) in [5.41, 5.74) is 3.92. The van der Waals surface area contributed by atoms with Gasteiger partial charge in [-0.1, -0.05) is 48.0 Å². The number of benzene rings is 3. The Balaban J connectivity index is 1.47. The van der Waals surface area contributed by atoms with Gasteiger partial charge < -0.3 is 14.8 Å². The lowest BCUT2D eigenvalue weighted by atomic mass is 10.1. The highest BCUT2D eigenvalue weighted by Gasteiger charge is 2.13. The topological polar surface area (TPSA) is 64.6 Å². The molecule has 148 valence electrons. The zero-order chi connectivity index (χ0) is 20.6. The van der Waals surface area contributed by atoms with Crippen LogP contribution in [0, 0.1) is 13.8 Å². The van der Waals surface area contributed by atoms with Gasteiger partial charge in [-0.2, -0.15) is 0 Å². The van der Waals surface area contributed by atoms with E-state index >= 15 is 0 Å². The molecule has 0 saturated heterocycles. The van der Waals surface area contributed by atoms with Crippen LogP contribution in [0.5, 0.6) is 5.75 Å². The molecule has 0 aromatic heterocycles. The standard InChI is InChI=1S/C24H23NO4/c1-17-8-9-18(2)22(14-17)24(27)29-16-23(26)25-20-10-12-21(13-11-20)28-15-19-6-4-3-5-7-19/h3-14H,15-16H2,1-2H3,(H,25,26). The Morgan fingerprint density at radius 1 is 0.897 bits per heavy atom. The van der Waals surface area contributed by atoms with Gasteiger partial charge >= 0.3 is 5.97 Å². The Hall–Kier alpha value is -3.60. The second-order valence-corrected chi connectivity index (χ2v) is 6.74. The quantitative estimate of drug-likeness (QED) is 0.596. The SMILES string of the molecule is Cc1ccc(C)c(C(=O)OCC(=O)Nc2ccc(OCc3ccccc3)cc2)c1. The number of amides is 1. The summed E-state index contributed by atoms with van der Waals surface area (Å²) in [7, 11) is 0. The number of esters is 1. The molecule has 0 aliphatic heterocycles. The predicted molar refractivity (Wildman–Crippen MR) is 112 cm³/mol. The van der Waals surface area contributed by atoms with E-state index in [-0.39, 0.29) is 6.61 Å². The van der Waals surface area contributed by atoms with Gasteiger partial charge in [0.25, 0.3) is 5.91 Å². The number of aryl methyl sites for hydroxylation is 2. The van der Waals surface area contributed by atoms with Gasteiger partial charge in [0.2, 0.25) is 0 Å². The summed E-state index contributed by atoms with van der Waals surface area (Å²) in [6.45, 7) is 3.85. The van der Waals surface area contributed by atoms with Crippen molar-refractivity contribution < 1.29 is 19.1 Å². The first-order valence-electron chi connectivity index (χ1n) is 9.32. The van der Waals surface area contributed by atoms with Crippen LogP contribution < -0.4 is 10.1 Å². The molecule has 5 nitrogen and oxygen atoms in total. The first-order valence-corrected chi connectivity index (χ1v) is 9.32. The molecule has 3 rings (SSSR count). The van der Waals surface area contributed by atoms with Gasteiger partial charge in [-0.05, 0) is 55.3 Å². The van der Waals surface area contributed by atoms with Crippen molar-refractivity contribution in [2.24, 2.45) is 0 Å². The second-order valence-electron chi connectivity index (χ2n) is 6.74. The molecule has 0 aliphatic carbocycles. The fourth-order valence-electron chi connectivity index (χ4n) is 2.74. The molecular weight excluding hydrogens is 366 g/mol. The van der Waals surface area contributed by atoms with E-state index in [4.69, 9.17) is 9.47 Å². The van der Waals surface area contributed by atoms with Crippen molar-refractivity contribution in [3.05, 3.63) is 95.1 Å². The molecule has 3 aromatic carbocycles. The third-order valence-corrected chi connectivity index (χ3v) is 4.33. The van der Waals surface area contributed by atoms with Crippen LogP contribution >= 0.6 is 0 Å². The second kappa shape index (κ2) is 9.55. The van der Waals surface area contributed by atoms with Crippen LogP contribution in [0.1, 0.15) is 27.0 Å². The Bertz CT molecular complexity index is 982. The zero-order valence-corrected chi connectivity index (χ0v) is 16.5. The third-order valence-electron chi connectivity index (χ3n) is 4.33. The predicted octanol–water partition coefficient (Wildman–Crippen LogP) is 4.68. The van der Waals surface area contributed by atoms with E-state index in [0.29, 0.717) is 23.6 Å². The lowest BCUT2D eigenvalue weighted by Gasteiger charge is -2.10. The van der Waals surface area contributed by atoms with Gasteiger partial charge in [-0.3, -0.25) is 4.79 Å². The Kier molecular flexibility index (Phi) is 6.63. The molecule has 0 unspecified atom stereocenters. The summed E-state index contributed by atoms with van der Waals surface area (Å²) in [6, 6.07) is 22.4. The number of rotatable bonds is 7. The van der Waals surface area contributed by atoms with Gasteiger partial charge in [-0.15, -0.1) is 0 Å². The summed E-state index contributed by atoms with van der Waals surface area (Å²) in [5, 5.41) is 2.70. The average Bonchev–Trinajstić information content (AvgIpc) is 2.74. The van der Waals surface area contributed by atoms with Crippen LogP contribution in [0.15, 0.2) is 72.8 Å². The fourth-order valence-corrected chi connectivity index (χ4v) is 2.74. The Morgan fingerprint density at radius 3 is 2.34 bits per heavy atom. The summed E-state index contributed by atoms with van der Waals surface area (Å²) in [6.07, 6.45) is 0. The Morgan fingerprint density at radius 2 is 1.62 bits per heavy atom. The van der Waals surface area contributed by atoms with Gasteiger partial charge in [0, 0.05) is 5.69 Å². The maximum Gasteiger partial charge on any atom is 0.338 e. The van der Waals surface area contributed by atoms with Crippen LogP contribution in [0.2, 0.25) is 0 Å². The van der Waals surface area contributed by atoms with Crippen molar-refractivity contribution in [1.82, 2.24) is 0 Å². The lowest BCUT2D eigenvalue weighted by molar-refractivity contribution is -0.119. The summed E-state index contributed by atoms with van der Waals surface area (Å²) in [4.78, 5) is 24.3. The first-order chi connectivity index (χ1) is 14.0. The van der Waals surface area contributed by atoms with E-state index in [2.05, 4.69) is 5.32 Å². The van der Waals surface area contributed by atoms with Crippen LogP contribution in [0.3, 0.4) is 0 Å². The highest BCUT2D eigenvalue weighted by molar-refractivity contribution is 5.96. The lowest BCUT2D eigenvalue weighted by Crippen LogP contribution is -2.21. The largest absolute Gasteiger partial charge is 0.489 e. The van der Waals surface area contributed by atoms with Crippen molar-refractivity contribution in [2.75, 3.05) is 11.9 Å². The molecule has 0 radical (unpaired) electrons. The van der Waals surface area contributed by atoms with Crippen molar-refractivity contribution in [2.45, 2.75) is 20.5 Å². The minimum absolute atomic E-state index is 0.349. The summed E-state index contributed by atoms with van der Waals surface area (Å²) >= 11 is 0. The zero-order valence-electron chi connectivity index (χ0n) is 16.5. The summed E-state index contributed by atoms with van der Waals surface area (Å²) in [5.74, 6) is -0.208.